The van der Waals surface area contributed by atoms with E-state index < -0.39 is 7.82 Å². The number of phosphoric acid groups is 1. The highest BCUT2D eigenvalue weighted by atomic mass is 31.2. The van der Waals surface area contributed by atoms with E-state index in [0.717, 1.165) is 12.8 Å². The lowest BCUT2D eigenvalue weighted by Crippen LogP contribution is -1.98. The average Bonchev–Trinajstić information content (AvgIpc) is 1.95. The first kappa shape index (κ1) is 14.9. The Morgan fingerprint density at radius 3 is 2.15 bits per heavy atom. The molecule has 0 aliphatic heterocycles. The second-order valence-corrected chi connectivity index (χ2v) is 2.99. The van der Waals surface area contributed by atoms with E-state index >= 15 is 0 Å². The third-order valence-corrected chi connectivity index (χ3v) is 0.775. The lowest BCUT2D eigenvalue weighted by Gasteiger charge is -1.87. The van der Waals surface area contributed by atoms with Gasteiger partial charge in [0.1, 0.15) is 0 Å². The first-order valence-electron chi connectivity index (χ1n) is 3.41. The molecule has 0 aliphatic carbocycles. The predicted octanol–water partition coefficient (Wildman–Crippen LogP) is 0.107. The van der Waals surface area contributed by atoms with E-state index in [4.69, 9.17) is 30.5 Å². The van der Waals surface area contributed by atoms with Crippen molar-refractivity contribution in [2.45, 2.75) is 12.8 Å². The Kier molecular flexibility index (Phi) is 10.8. The van der Waals surface area contributed by atoms with Crippen LogP contribution in [0.1, 0.15) is 12.8 Å². The zero-order valence-electron chi connectivity index (χ0n) is 6.94. The molecular formula is C4H13N4O4P. The van der Waals surface area contributed by atoms with Crippen molar-refractivity contribution in [3.63, 3.8) is 0 Å². The standard InChI is InChI=1S/C4H10N4.H3O4P/c5-3-1-2-4-7-8-6;1-5(2,3)4/h1-5H2;(H3,1,2,3,4). The second-order valence-electron chi connectivity index (χ2n) is 1.96. The van der Waals surface area contributed by atoms with Gasteiger partial charge in [-0.05, 0) is 24.9 Å². The molecule has 8 nitrogen and oxygen atoms in total. The maximum atomic E-state index is 8.88. The van der Waals surface area contributed by atoms with Gasteiger partial charge in [-0.15, -0.1) is 0 Å². The summed E-state index contributed by atoms with van der Waals surface area (Å²) in [7, 11) is -4.64. The van der Waals surface area contributed by atoms with Gasteiger partial charge in [0, 0.05) is 11.5 Å². The van der Waals surface area contributed by atoms with E-state index in [1.807, 2.05) is 0 Å². The molecule has 9 heteroatoms. The molecule has 0 aliphatic rings. The van der Waals surface area contributed by atoms with Crippen molar-refractivity contribution in [2.24, 2.45) is 10.8 Å². The fraction of sp³-hybridized carbons (Fsp3) is 1.00. The van der Waals surface area contributed by atoms with Gasteiger partial charge in [-0.1, -0.05) is 5.11 Å². The fourth-order valence-electron chi connectivity index (χ4n) is 0.372. The summed E-state index contributed by atoms with van der Waals surface area (Å²) in [5.74, 6) is 0. The number of nitrogens with two attached hydrogens (primary N) is 1. The molecule has 0 aromatic carbocycles. The van der Waals surface area contributed by atoms with Crippen LogP contribution in [-0.4, -0.2) is 27.8 Å². The van der Waals surface area contributed by atoms with Gasteiger partial charge in [-0.25, -0.2) is 4.57 Å². The van der Waals surface area contributed by atoms with Crippen molar-refractivity contribution >= 4 is 7.82 Å². The quantitative estimate of drug-likeness (QED) is 0.171. The molecule has 0 aromatic heterocycles. The lowest BCUT2D eigenvalue weighted by molar-refractivity contribution is 0.275. The van der Waals surface area contributed by atoms with Crippen LogP contribution in [-0.2, 0) is 4.57 Å². The van der Waals surface area contributed by atoms with E-state index in [0.29, 0.717) is 13.1 Å². The molecule has 0 atom stereocenters. The maximum absolute atomic E-state index is 8.88. The first-order valence-corrected chi connectivity index (χ1v) is 4.97. The summed E-state index contributed by atoms with van der Waals surface area (Å²) in [4.78, 5) is 24.2. The zero-order valence-corrected chi connectivity index (χ0v) is 7.84. The van der Waals surface area contributed by atoms with E-state index in [9.17, 15) is 0 Å². The van der Waals surface area contributed by atoms with Crippen LogP contribution in [0.3, 0.4) is 0 Å². The Hall–Kier alpha value is -0.620. The van der Waals surface area contributed by atoms with Crippen LogP contribution in [0.15, 0.2) is 5.11 Å². The molecule has 0 aromatic rings. The SMILES string of the molecule is O=P(O)(O)O.[N-]=[N+]=NCCCCN. The van der Waals surface area contributed by atoms with E-state index in [-0.39, 0.29) is 0 Å². The second kappa shape index (κ2) is 9.47. The van der Waals surface area contributed by atoms with Gasteiger partial charge in [0.2, 0.25) is 0 Å². The van der Waals surface area contributed by atoms with Crippen molar-refractivity contribution < 1.29 is 19.2 Å². The minimum atomic E-state index is -4.64. The Bertz CT molecular complexity index is 190. The zero-order chi connectivity index (χ0) is 10.7. The number of rotatable bonds is 4. The molecule has 0 fully saturated rings. The molecule has 0 unspecified atom stereocenters. The summed E-state index contributed by atoms with van der Waals surface area (Å²) in [6.07, 6.45) is 1.85. The monoisotopic (exact) mass is 212 g/mol. The predicted molar refractivity (Wildman–Crippen MR) is 46.6 cm³/mol. The van der Waals surface area contributed by atoms with Gasteiger partial charge in [0.15, 0.2) is 0 Å². The van der Waals surface area contributed by atoms with Crippen molar-refractivity contribution in [3.8, 4) is 0 Å². The van der Waals surface area contributed by atoms with Gasteiger partial charge in [-0.3, -0.25) is 0 Å². The first-order chi connectivity index (χ1) is 5.91. The Morgan fingerprint density at radius 1 is 1.38 bits per heavy atom. The normalized spacial score (nSPS) is 9.54. The van der Waals surface area contributed by atoms with Crippen LogP contribution in [0.2, 0.25) is 0 Å². The van der Waals surface area contributed by atoms with Gasteiger partial charge in [0.25, 0.3) is 0 Å². The summed E-state index contributed by atoms with van der Waals surface area (Å²) >= 11 is 0. The molecule has 0 bridgehead atoms. The van der Waals surface area contributed by atoms with Crippen LogP contribution < -0.4 is 5.73 Å². The summed E-state index contributed by atoms with van der Waals surface area (Å²) in [6.45, 7) is 1.26. The maximum Gasteiger partial charge on any atom is 0.466 e. The molecular weight excluding hydrogens is 199 g/mol. The minimum Gasteiger partial charge on any atom is -0.330 e. The largest absolute Gasteiger partial charge is 0.466 e. The van der Waals surface area contributed by atoms with Gasteiger partial charge >= 0.3 is 7.82 Å². The fourth-order valence-corrected chi connectivity index (χ4v) is 0.372. The molecule has 0 saturated carbocycles. The van der Waals surface area contributed by atoms with Gasteiger partial charge < -0.3 is 20.4 Å². The lowest BCUT2D eigenvalue weighted by atomic mass is 10.3. The molecule has 5 N–H and O–H groups in total. The Morgan fingerprint density at radius 2 is 1.85 bits per heavy atom. The van der Waals surface area contributed by atoms with E-state index in [1.54, 1.807) is 0 Å². The van der Waals surface area contributed by atoms with Gasteiger partial charge in [0.05, 0.1) is 0 Å². The van der Waals surface area contributed by atoms with Crippen LogP contribution in [0.4, 0.5) is 0 Å². The number of hydrogen-bond donors (Lipinski definition) is 4. The summed E-state index contributed by atoms with van der Waals surface area (Å²) < 4.78 is 8.88. The van der Waals surface area contributed by atoms with Crippen molar-refractivity contribution in [1.29, 1.82) is 0 Å². The van der Waals surface area contributed by atoms with Crippen LogP contribution in [0, 0.1) is 0 Å². The Labute approximate surface area is 75.2 Å². The van der Waals surface area contributed by atoms with E-state index in [2.05, 4.69) is 10.0 Å². The smallest absolute Gasteiger partial charge is 0.330 e. The molecule has 0 radical (unpaired) electrons. The number of unbranched alkanes of at least 4 members (excludes halogenated alkanes) is 1. The number of hydrogen-bond acceptors (Lipinski definition) is 3. The summed E-state index contributed by atoms with van der Waals surface area (Å²) in [5.41, 5.74) is 13.0. The Balaban J connectivity index is 0. The van der Waals surface area contributed by atoms with Gasteiger partial charge in [-0.2, -0.15) is 0 Å². The van der Waals surface area contributed by atoms with Crippen LogP contribution in [0.5, 0.6) is 0 Å². The highest BCUT2D eigenvalue weighted by molar-refractivity contribution is 7.45. The molecule has 0 saturated heterocycles. The highest BCUT2D eigenvalue weighted by Crippen LogP contribution is 2.25. The number of azide groups is 1. The van der Waals surface area contributed by atoms with Crippen LogP contribution >= 0.6 is 7.82 Å². The molecule has 78 valence electrons. The molecule has 0 spiro atoms. The van der Waals surface area contributed by atoms with Crippen molar-refractivity contribution in [2.75, 3.05) is 13.1 Å². The molecule has 0 amide bonds. The molecule has 13 heavy (non-hydrogen) atoms. The van der Waals surface area contributed by atoms with Crippen molar-refractivity contribution in [1.82, 2.24) is 0 Å². The van der Waals surface area contributed by atoms with Crippen LogP contribution in [0.25, 0.3) is 10.4 Å². The number of nitrogens with zero attached hydrogens (tertiary/aromatic N) is 3. The van der Waals surface area contributed by atoms with E-state index in [1.165, 1.54) is 0 Å². The molecule has 0 heterocycles. The third kappa shape index (κ3) is 52.2. The van der Waals surface area contributed by atoms with Crippen molar-refractivity contribution in [3.05, 3.63) is 10.4 Å². The minimum absolute atomic E-state index is 0.577. The topological polar surface area (TPSA) is 153 Å². The molecule has 0 rings (SSSR count). The highest BCUT2D eigenvalue weighted by Gasteiger charge is 2.00. The average molecular weight is 212 g/mol. The third-order valence-electron chi connectivity index (χ3n) is 0.775. The summed E-state index contributed by atoms with van der Waals surface area (Å²) in [5, 5.41) is 3.33. The summed E-state index contributed by atoms with van der Waals surface area (Å²) in [6, 6.07) is 0.